The molecule has 0 saturated carbocycles. The van der Waals surface area contributed by atoms with Crippen molar-refractivity contribution in [1.82, 2.24) is 9.97 Å². The van der Waals surface area contributed by atoms with E-state index in [0.717, 1.165) is 22.9 Å². The number of para-hydroxylation sites is 1. The van der Waals surface area contributed by atoms with Gasteiger partial charge in [0.05, 0.1) is 19.9 Å². The molecule has 0 radical (unpaired) electrons. The number of ether oxygens (including phenoxy) is 2. The number of nitrogens with zero attached hydrogens (tertiary/aromatic N) is 3. The zero-order chi connectivity index (χ0) is 17.6. The predicted octanol–water partition coefficient (Wildman–Crippen LogP) is 4.01. The molecule has 0 aliphatic heterocycles. The van der Waals surface area contributed by atoms with Crippen LogP contribution >= 0.6 is 0 Å². The van der Waals surface area contributed by atoms with Gasteiger partial charge in [0.1, 0.15) is 29.5 Å². The number of methoxy groups -OCH3 is 2. The molecule has 1 aromatic heterocycles. The lowest BCUT2D eigenvalue weighted by atomic mass is 10.2. The zero-order valence-corrected chi connectivity index (χ0v) is 14.4. The van der Waals surface area contributed by atoms with E-state index >= 15 is 0 Å². The second kappa shape index (κ2) is 7.53. The molecule has 0 unspecified atom stereocenters. The fourth-order valence-corrected chi connectivity index (χ4v) is 2.42. The van der Waals surface area contributed by atoms with Gasteiger partial charge in [-0.25, -0.2) is 9.97 Å². The van der Waals surface area contributed by atoms with Gasteiger partial charge in [0.25, 0.3) is 0 Å². The van der Waals surface area contributed by atoms with Crippen molar-refractivity contribution in [3.05, 3.63) is 60.9 Å². The Kier molecular flexibility index (Phi) is 4.99. The fourth-order valence-electron chi connectivity index (χ4n) is 2.42. The molecule has 1 heterocycles. The van der Waals surface area contributed by atoms with Gasteiger partial charge in [-0.2, -0.15) is 0 Å². The van der Waals surface area contributed by atoms with E-state index in [1.54, 1.807) is 14.2 Å². The number of benzene rings is 2. The first-order valence-corrected chi connectivity index (χ1v) is 7.81. The summed E-state index contributed by atoms with van der Waals surface area (Å²) in [5.41, 5.74) is 1.85. The van der Waals surface area contributed by atoms with Gasteiger partial charge in [-0.05, 0) is 24.3 Å². The van der Waals surface area contributed by atoms with Gasteiger partial charge in [-0.15, -0.1) is 0 Å². The van der Waals surface area contributed by atoms with Gasteiger partial charge in [0.2, 0.25) is 0 Å². The summed E-state index contributed by atoms with van der Waals surface area (Å²) in [6.07, 6.45) is 1.53. The number of hydrogen-bond donors (Lipinski definition) is 1. The number of rotatable bonds is 6. The van der Waals surface area contributed by atoms with Crippen LogP contribution in [0.3, 0.4) is 0 Å². The molecule has 3 aromatic rings. The Morgan fingerprint density at radius 1 is 0.920 bits per heavy atom. The molecule has 2 aromatic carbocycles. The fraction of sp³-hybridized carbons (Fsp3) is 0.158. The maximum absolute atomic E-state index is 5.41. The van der Waals surface area contributed by atoms with Gasteiger partial charge in [0, 0.05) is 24.9 Å². The lowest BCUT2D eigenvalue weighted by Crippen LogP contribution is -2.11. The molecule has 6 nitrogen and oxygen atoms in total. The Hall–Kier alpha value is -3.28. The minimum Gasteiger partial charge on any atom is -0.497 e. The average Bonchev–Trinajstić information content (AvgIpc) is 2.68. The summed E-state index contributed by atoms with van der Waals surface area (Å²) in [5.74, 6) is 2.87. The van der Waals surface area contributed by atoms with Crippen LogP contribution in [-0.4, -0.2) is 31.2 Å². The Bertz CT molecular complexity index is 840. The number of anilines is 4. The van der Waals surface area contributed by atoms with Crippen LogP contribution in [0.2, 0.25) is 0 Å². The Labute approximate surface area is 147 Å². The van der Waals surface area contributed by atoms with Crippen molar-refractivity contribution in [2.45, 2.75) is 0 Å². The van der Waals surface area contributed by atoms with Gasteiger partial charge < -0.3 is 19.7 Å². The van der Waals surface area contributed by atoms with E-state index in [-0.39, 0.29) is 0 Å². The molecule has 6 heteroatoms. The van der Waals surface area contributed by atoms with Crippen LogP contribution in [0.15, 0.2) is 60.9 Å². The van der Waals surface area contributed by atoms with E-state index in [2.05, 4.69) is 15.3 Å². The van der Waals surface area contributed by atoms with Crippen molar-refractivity contribution >= 4 is 23.0 Å². The summed E-state index contributed by atoms with van der Waals surface area (Å²) in [4.78, 5) is 10.6. The number of hydrogen-bond acceptors (Lipinski definition) is 6. The first kappa shape index (κ1) is 16.6. The zero-order valence-electron chi connectivity index (χ0n) is 14.4. The SMILES string of the molecule is COc1ccc(Nc2cc(N(C)c3ccccc3)ncn2)c(OC)c1. The van der Waals surface area contributed by atoms with Crippen molar-refractivity contribution in [2.75, 3.05) is 31.5 Å². The highest BCUT2D eigenvalue weighted by Crippen LogP contribution is 2.31. The van der Waals surface area contributed by atoms with E-state index in [1.807, 2.05) is 66.5 Å². The molecule has 0 atom stereocenters. The third-order valence-corrected chi connectivity index (χ3v) is 3.81. The summed E-state index contributed by atoms with van der Waals surface area (Å²) in [6.45, 7) is 0. The van der Waals surface area contributed by atoms with Crippen LogP contribution in [-0.2, 0) is 0 Å². The Morgan fingerprint density at radius 3 is 2.44 bits per heavy atom. The molecule has 25 heavy (non-hydrogen) atoms. The van der Waals surface area contributed by atoms with Crippen LogP contribution < -0.4 is 19.7 Å². The summed E-state index contributed by atoms with van der Waals surface area (Å²) < 4.78 is 10.6. The van der Waals surface area contributed by atoms with Gasteiger partial charge in [0.15, 0.2) is 0 Å². The molecule has 128 valence electrons. The second-order valence-corrected chi connectivity index (χ2v) is 5.35. The lowest BCUT2D eigenvalue weighted by molar-refractivity contribution is 0.395. The van der Waals surface area contributed by atoms with Crippen LogP contribution in [0.25, 0.3) is 0 Å². The van der Waals surface area contributed by atoms with Gasteiger partial charge >= 0.3 is 0 Å². The molecule has 1 N–H and O–H groups in total. The quantitative estimate of drug-likeness (QED) is 0.734. The third-order valence-electron chi connectivity index (χ3n) is 3.81. The minimum atomic E-state index is 0.677. The molecule has 0 aliphatic rings. The molecule has 0 bridgehead atoms. The molecule has 0 aliphatic carbocycles. The lowest BCUT2D eigenvalue weighted by Gasteiger charge is -2.19. The van der Waals surface area contributed by atoms with E-state index in [4.69, 9.17) is 9.47 Å². The van der Waals surface area contributed by atoms with Crippen molar-refractivity contribution in [3.63, 3.8) is 0 Å². The molecular weight excluding hydrogens is 316 g/mol. The van der Waals surface area contributed by atoms with Crippen molar-refractivity contribution in [1.29, 1.82) is 0 Å². The van der Waals surface area contributed by atoms with Gasteiger partial charge in [-0.1, -0.05) is 18.2 Å². The van der Waals surface area contributed by atoms with E-state index in [0.29, 0.717) is 11.6 Å². The normalized spacial score (nSPS) is 10.2. The predicted molar refractivity (Wildman–Crippen MR) is 99.4 cm³/mol. The smallest absolute Gasteiger partial charge is 0.146 e. The van der Waals surface area contributed by atoms with Crippen LogP contribution in [0, 0.1) is 0 Å². The Morgan fingerprint density at radius 2 is 1.72 bits per heavy atom. The van der Waals surface area contributed by atoms with Crippen molar-refractivity contribution in [2.24, 2.45) is 0 Å². The monoisotopic (exact) mass is 336 g/mol. The molecule has 0 spiro atoms. The second-order valence-electron chi connectivity index (χ2n) is 5.35. The molecule has 0 amide bonds. The summed E-state index contributed by atoms with van der Waals surface area (Å²) in [6, 6.07) is 17.5. The van der Waals surface area contributed by atoms with Crippen molar-refractivity contribution in [3.8, 4) is 11.5 Å². The summed E-state index contributed by atoms with van der Waals surface area (Å²) in [7, 11) is 5.21. The summed E-state index contributed by atoms with van der Waals surface area (Å²) >= 11 is 0. The molecular formula is C19H20N4O2. The highest BCUT2D eigenvalue weighted by atomic mass is 16.5. The van der Waals surface area contributed by atoms with E-state index in [1.165, 1.54) is 6.33 Å². The first-order chi connectivity index (χ1) is 12.2. The third kappa shape index (κ3) is 3.80. The van der Waals surface area contributed by atoms with Gasteiger partial charge in [-0.3, -0.25) is 0 Å². The first-order valence-electron chi connectivity index (χ1n) is 7.81. The average molecular weight is 336 g/mol. The molecule has 0 saturated heterocycles. The van der Waals surface area contributed by atoms with E-state index in [9.17, 15) is 0 Å². The van der Waals surface area contributed by atoms with E-state index < -0.39 is 0 Å². The van der Waals surface area contributed by atoms with Crippen LogP contribution in [0.5, 0.6) is 11.5 Å². The standard InChI is InChI=1S/C19H20N4O2/c1-23(14-7-5-4-6-8-14)19-12-18(20-13-21-19)22-16-10-9-15(24-2)11-17(16)25-3/h4-13H,1-3H3,(H,20,21,22). The highest BCUT2D eigenvalue weighted by molar-refractivity contribution is 5.68. The number of nitrogens with one attached hydrogen (secondary N) is 1. The topological polar surface area (TPSA) is 59.5 Å². The number of aromatic nitrogens is 2. The maximum Gasteiger partial charge on any atom is 0.146 e. The molecule has 0 fully saturated rings. The van der Waals surface area contributed by atoms with Crippen LogP contribution in [0.4, 0.5) is 23.0 Å². The maximum atomic E-state index is 5.41. The summed E-state index contributed by atoms with van der Waals surface area (Å²) in [5, 5.41) is 3.26. The largest absolute Gasteiger partial charge is 0.497 e. The Balaban J connectivity index is 1.85. The highest BCUT2D eigenvalue weighted by Gasteiger charge is 2.09. The molecule has 3 rings (SSSR count). The van der Waals surface area contributed by atoms with Crippen molar-refractivity contribution < 1.29 is 9.47 Å². The minimum absolute atomic E-state index is 0.677. The van der Waals surface area contributed by atoms with Crippen LogP contribution in [0.1, 0.15) is 0 Å².